The summed E-state index contributed by atoms with van der Waals surface area (Å²) in [7, 11) is 0. The Morgan fingerprint density at radius 2 is 2.12 bits per heavy atom. The molecule has 0 aliphatic rings. The van der Waals surface area contributed by atoms with Crippen LogP contribution < -0.4 is 0 Å². The van der Waals surface area contributed by atoms with Crippen molar-refractivity contribution in [1.82, 2.24) is 0 Å². The minimum absolute atomic E-state index is 0.444. The predicted octanol–water partition coefficient (Wildman–Crippen LogP) is 3.04. The van der Waals surface area contributed by atoms with E-state index >= 15 is 0 Å². The van der Waals surface area contributed by atoms with Gasteiger partial charge in [-0.2, -0.15) is 3.89 Å². The van der Waals surface area contributed by atoms with Crippen molar-refractivity contribution in [3.63, 3.8) is 0 Å². The van der Waals surface area contributed by atoms with Gasteiger partial charge in [-0.1, -0.05) is 20.3 Å². The van der Waals surface area contributed by atoms with Gasteiger partial charge >= 0.3 is 0 Å². The Morgan fingerprint density at radius 3 is 2.50 bits per heavy atom. The third-order valence-electron chi connectivity index (χ3n) is 1.00. The van der Waals surface area contributed by atoms with Crippen molar-refractivity contribution in [1.29, 1.82) is 0 Å². The summed E-state index contributed by atoms with van der Waals surface area (Å²) in [6.45, 7) is 4.31. The van der Waals surface area contributed by atoms with Gasteiger partial charge in [-0.05, 0) is 12.3 Å². The van der Waals surface area contributed by atoms with Crippen molar-refractivity contribution in [2.45, 2.75) is 26.7 Å². The fourth-order valence-corrected chi connectivity index (χ4v) is 0.822. The monoisotopic (exact) mass is 136 g/mol. The standard InChI is InChI=1S/C6H13FS/c1-6(2)4-3-5-8-7/h6H,3-5H2,1-2H3. The van der Waals surface area contributed by atoms with Crippen LogP contribution in [-0.4, -0.2) is 5.75 Å². The van der Waals surface area contributed by atoms with Crippen LogP contribution in [-0.2, 0) is 0 Å². The molecule has 0 aliphatic carbocycles. The maximum absolute atomic E-state index is 11.4. The molecule has 0 amide bonds. The molecule has 0 unspecified atom stereocenters. The highest BCUT2D eigenvalue weighted by molar-refractivity contribution is 7.94. The molecule has 0 saturated carbocycles. The first-order valence-electron chi connectivity index (χ1n) is 3.01. The Bertz CT molecular complexity index is 45.8. The topological polar surface area (TPSA) is 0 Å². The average Bonchev–Trinajstić information content (AvgIpc) is 1.66. The maximum atomic E-state index is 11.4. The zero-order valence-corrected chi connectivity index (χ0v) is 6.30. The highest BCUT2D eigenvalue weighted by atomic mass is 32.2. The van der Waals surface area contributed by atoms with Crippen LogP contribution in [0.3, 0.4) is 0 Å². The van der Waals surface area contributed by atoms with Gasteiger partial charge in [-0.15, -0.1) is 0 Å². The third-order valence-corrected chi connectivity index (χ3v) is 1.45. The molecule has 0 atom stereocenters. The zero-order chi connectivity index (χ0) is 6.41. The van der Waals surface area contributed by atoms with Gasteiger partial charge in [0.15, 0.2) is 0 Å². The van der Waals surface area contributed by atoms with E-state index in [1.165, 1.54) is 0 Å². The van der Waals surface area contributed by atoms with E-state index in [4.69, 9.17) is 0 Å². The Kier molecular flexibility index (Phi) is 5.61. The predicted molar refractivity (Wildman–Crippen MR) is 37.6 cm³/mol. The summed E-state index contributed by atoms with van der Waals surface area (Å²) in [5.41, 5.74) is 0. The van der Waals surface area contributed by atoms with E-state index in [0.29, 0.717) is 17.9 Å². The van der Waals surface area contributed by atoms with E-state index in [0.717, 1.165) is 18.8 Å². The molecule has 0 rings (SSSR count). The lowest BCUT2D eigenvalue weighted by Gasteiger charge is -1.99. The van der Waals surface area contributed by atoms with E-state index in [1.807, 2.05) is 0 Å². The average molecular weight is 136 g/mol. The van der Waals surface area contributed by atoms with Crippen molar-refractivity contribution in [3.05, 3.63) is 0 Å². The second-order valence-electron chi connectivity index (χ2n) is 2.35. The fourth-order valence-electron chi connectivity index (χ4n) is 0.546. The Morgan fingerprint density at radius 1 is 1.50 bits per heavy atom. The lowest BCUT2D eigenvalue weighted by molar-refractivity contribution is 0.578. The maximum Gasteiger partial charge on any atom is 0.0443 e. The molecular formula is C6H13FS. The van der Waals surface area contributed by atoms with Crippen molar-refractivity contribution >= 4 is 12.1 Å². The first kappa shape index (κ1) is 8.28. The van der Waals surface area contributed by atoms with Gasteiger partial charge in [0.05, 0.1) is 0 Å². The molecule has 0 aliphatic heterocycles. The summed E-state index contributed by atoms with van der Waals surface area (Å²) in [6.07, 6.45) is 2.16. The Labute approximate surface area is 55.1 Å². The summed E-state index contributed by atoms with van der Waals surface area (Å²) in [6, 6.07) is 0. The molecule has 0 nitrogen and oxygen atoms in total. The number of hydrogen-bond donors (Lipinski definition) is 0. The van der Waals surface area contributed by atoms with Gasteiger partial charge in [0, 0.05) is 17.9 Å². The van der Waals surface area contributed by atoms with Crippen LogP contribution in [0.1, 0.15) is 26.7 Å². The first-order valence-corrected chi connectivity index (χ1v) is 3.89. The quantitative estimate of drug-likeness (QED) is 0.535. The summed E-state index contributed by atoms with van der Waals surface area (Å²) in [5, 5.41) is 0. The molecular weight excluding hydrogens is 123 g/mol. The van der Waals surface area contributed by atoms with Crippen LogP contribution in [0.4, 0.5) is 3.89 Å². The van der Waals surface area contributed by atoms with Gasteiger partial charge in [0.25, 0.3) is 0 Å². The second-order valence-corrected chi connectivity index (χ2v) is 2.98. The molecule has 8 heavy (non-hydrogen) atoms. The highest BCUT2D eigenvalue weighted by Gasteiger charge is 1.92. The molecule has 2 heteroatoms. The smallest absolute Gasteiger partial charge is 0.0443 e. The number of hydrogen-bond acceptors (Lipinski definition) is 1. The van der Waals surface area contributed by atoms with Crippen LogP contribution in [0.15, 0.2) is 0 Å². The molecule has 50 valence electrons. The first-order chi connectivity index (χ1) is 3.77. The van der Waals surface area contributed by atoms with Crippen LogP contribution in [0, 0.1) is 5.92 Å². The molecule has 0 heterocycles. The van der Waals surface area contributed by atoms with Gasteiger partial charge < -0.3 is 0 Å². The molecule has 0 bridgehead atoms. The van der Waals surface area contributed by atoms with Crippen molar-refractivity contribution in [2.24, 2.45) is 5.92 Å². The normalized spacial score (nSPS) is 10.5. The summed E-state index contributed by atoms with van der Waals surface area (Å²) in [4.78, 5) is 0. The van der Waals surface area contributed by atoms with Crippen molar-refractivity contribution in [3.8, 4) is 0 Å². The van der Waals surface area contributed by atoms with Crippen LogP contribution in [0.25, 0.3) is 0 Å². The molecule has 0 saturated heterocycles. The summed E-state index contributed by atoms with van der Waals surface area (Å²) < 4.78 is 11.4. The highest BCUT2D eigenvalue weighted by Crippen LogP contribution is 2.09. The molecule has 0 radical (unpaired) electrons. The Hall–Kier alpha value is 0.280. The number of rotatable bonds is 4. The van der Waals surface area contributed by atoms with Crippen molar-refractivity contribution in [2.75, 3.05) is 5.75 Å². The summed E-state index contributed by atoms with van der Waals surface area (Å²) in [5.74, 6) is 1.39. The molecule has 0 aromatic carbocycles. The Balaban J connectivity index is 2.72. The van der Waals surface area contributed by atoms with E-state index in [2.05, 4.69) is 13.8 Å². The van der Waals surface area contributed by atoms with Crippen LogP contribution in [0.5, 0.6) is 0 Å². The van der Waals surface area contributed by atoms with Gasteiger partial charge in [0.2, 0.25) is 0 Å². The van der Waals surface area contributed by atoms with Crippen LogP contribution in [0.2, 0.25) is 0 Å². The number of halogens is 1. The zero-order valence-electron chi connectivity index (χ0n) is 5.48. The largest absolute Gasteiger partial charge is 0.165 e. The second kappa shape index (κ2) is 5.42. The SMILES string of the molecule is CC(C)CCCSF. The lowest BCUT2D eigenvalue weighted by atomic mass is 10.1. The van der Waals surface area contributed by atoms with Gasteiger partial charge in [-0.25, -0.2) is 0 Å². The summed E-state index contributed by atoms with van der Waals surface area (Å²) >= 11 is 0.444. The molecule has 0 aromatic rings. The lowest BCUT2D eigenvalue weighted by Crippen LogP contribution is -1.86. The molecule has 0 aromatic heterocycles. The van der Waals surface area contributed by atoms with Crippen LogP contribution >= 0.6 is 12.1 Å². The molecule has 0 fully saturated rings. The van der Waals surface area contributed by atoms with E-state index < -0.39 is 0 Å². The van der Waals surface area contributed by atoms with Crippen molar-refractivity contribution < 1.29 is 3.89 Å². The third kappa shape index (κ3) is 6.28. The fraction of sp³-hybridized carbons (Fsp3) is 1.00. The molecule has 0 spiro atoms. The van der Waals surface area contributed by atoms with Gasteiger partial charge in [-0.3, -0.25) is 0 Å². The van der Waals surface area contributed by atoms with Gasteiger partial charge in [0.1, 0.15) is 0 Å². The minimum atomic E-state index is 0.444. The molecule has 0 N–H and O–H groups in total. The van der Waals surface area contributed by atoms with E-state index in [9.17, 15) is 3.89 Å². The van der Waals surface area contributed by atoms with E-state index in [-0.39, 0.29) is 0 Å². The van der Waals surface area contributed by atoms with E-state index in [1.54, 1.807) is 0 Å². The minimum Gasteiger partial charge on any atom is -0.165 e.